The van der Waals surface area contributed by atoms with Crippen LogP contribution < -0.4 is 0 Å². The zero-order chi connectivity index (χ0) is 12.8. The first-order valence-corrected chi connectivity index (χ1v) is 8.20. The van der Waals surface area contributed by atoms with Crippen molar-refractivity contribution in [1.82, 2.24) is 4.31 Å². The van der Waals surface area contributed by atoms with Gasteiger partial charge in [0.2, 0.25) is 10.0 Å². The second kappa shape index (κ2) is 4.59. The molecule has 4 nitrogen and oxygen atoms in total. The van der Waals surface area contributed by atoms with Gasteiger partial charge < -0.3 is 4.74 Å². The van der Waals surface area contributed by atoms with Gasteiger partial charge in [-0.2, -0.15) is 4.31 Å². The molecule has 2 heterocycles. The maximum absolute atomic E-state index is 12.5. The van der Waals surface area contributed by atoms with E-state index in [1.165, 1.54) is 0 Å². The second-order valence-electron chi connectivity index (χ2n) is 4.74. The van der Waals surface area contributed by atoms with Crippen LogP contribution >= 0.6 is 15.9 Å². The van der Waals surface area contributed by atoms with E-state index in [4.69, 9.17) is 4.74 Å². The third-order valence-corrected chi connectivity index (χ3v) is 5.76. The Bertz CT molecular complexity index is 548. The Morgan fingerprint density at radius 2 is 1.89 bits per heavy atom. The summed E-state index contributed by atoms with van der Waals surface area (Å²) in [5, 5.41) is 0. The standard InChI is InChI=1S/C12H14BrNO3S/c13-9-2-1-3-12(6-9)18(15,16)14-7-10-4-5-11(8-14)17-10/h1-3,6,10-11H,4-5,7-8H2. The minimum absolute atomic E-state index is 0.0747. The summed E-state index contributed by atoms with van der Waals surface area (Å²) in [5.41, 5.74) is 0. The van der Waals surface area contributed by atoms with Gasteiger partial charge in [-0.3, -0.25) is 0 Å². The highest BCUT2D eigenvalue weighted by atomic mass is 79.9. The summed E-state index contributed by atoms with van der Waals surface area (Å²) in [6.07, 6.45) is 2.08. The van der Waals surface area contributed by atoms with Crippen molar-refractivity contribution in [3.05, 3.63) is 28.7 Å². The van der Waals surface area contributed by atoms with Gasteiger partial charge in [0, 0.05) is 17.6 Å². The lowest BCUT2D eigenvalue weighted by Gasteiger charge is -2.31. The molecule has 0 spiro atoms. The average Bonchev–Trinajstić information content (AvgIpc) is 2.68. The van der Waals surface area contributed by atoms with Crippen molar-refractivity contribution < 1.29 is 13.2 Å². The Balaban J connectivity index is 1.91. The molecule has 0 radical (unpaired) electrons. The van der Waals surface area contributed by atoms with Crippen LogP contribution in [0.1, 0.15) is 12.8 Å². The molecule has 1 aromatic carbocycles. The van der Waals surface area contributed by atoms with E-state index in [1.54, 1.807) is 22.5 Å². The molecule has 0 saturated carbocycles. The second-order valence-corrected chi connectivity index (χ2v) is 7.59. The van der Waals surface area contributed by atoms with E-state index in [9.17, 15) is 8.42 Å². The van der Waals surface area contributed by atoms with E-state index < -0.39 is 10.0 Å². The molecule has 6 heteroatoms. The number of rotatable bonds is 2. The molecule has 0 aliphatic carbocycles. The van der Waals surface area contributed by atoms with Gasteiger partial charge in [0.05, 0.1) is 17.1 Å². The first kappa shape index (κ1) is 12.6. The first-order chi connectivity index (χ1) is 8.55. The molecule has 0 aromatic heterocycles. The van der Waals surface area contributed by atoms with Gasteiger partial charge in [-0.05, 0) is 31.0 Å². The molecule has 2 bridgehead atoms. The van der Waals surface area contributed by atoms with Gasteiger partial charge in [0.15, 0.2) is 0 Å². The molecule has 2 unspecified atom stereocenters. The summed E-state index contributed by atoms with van der Waals surface area (Å²) in [7, 11) is -3.39. The number of nitrogens with zero attached hydrogens (tertiary/aromatic N) is 1. The molecule has 1 aromatic rings. The Morgan fingerprint density at radius 1 is 1.22 bits per heavy atom. The highest BCUT2D eigenvalue weighted by molar-refractivity contribution is 9.10. The number of hydrogen-bond donors (Lipinski definition) is 0. The van der Waals surface area contributed by atoms with Crippen molar-refractivity contribution in [2.75, 3.05) is 13.1 Å². The van der Waals surface area contributed by atoms with Gasteiger partial charge in [0.25, 0.3) is 0 Å². The van der Waals surface area contributed by atoms with Crippen molar-refractivity contribution in [3.8, 4) is 0 Å². The Hall–Kier alpha value is -0.430. The van der Waals surface area contributed by atoms with E-state index in [2.05, 4.69) is 15.9 Å². The Morgan fingerprint density at radius 3 is 2.50 bits per heavy atom. The molecule has 3 rings (SSSR count). The Labute approximate surface area is 115 Å². The predicted octanol–water partition coefficient (Wildman–Crippen LogP) is 2.00. The number of morpholine rings is 1. The molecule has 2 aliphatic rings. The maximum atomic E-state index is 12.5. The third kappa shape index (κ3) is 2.22. The smallest absolute Gasteiger partial charge is 0.243 e. The van der Waals surface area contributed by atoms with E-state index in [-0.39, 0.29) is 12.2 Å². The summed E-state index contributed by atoms with van der Waals surface area (Å²) >= 11 is 3.31. The number of benzene rings is 1. The number of halogens is 1. The quantitative estimate of drug-likeness (QED) is 0.832. The summed E-state index contributed by atoms with van der Waals surface area (Å²) in [6.45, 7) is 0.955. The van der Waals surface area contributed by atoms with Gasteiger partial charge >= 0.3 is 0 Å². The van der Waals surface area contributed by atoms with Crippen LogP contribution in [0.3, 0.4) is 0 Å². The Kier molecular flexibility index (Phi) is 3.21. The molecule has 2 atom stereocenters. The van der Waals surface area contributed by atoms with Gasteiger partial charge in [0.1, 0.15) is 0 Å². The molecule has 2 fully saturated rings. The lowest BCUT2D eigenvalue weighted by molar-refractivity contribution is -0.0114. The van der Waals surface area contributed by atoms with Crippen LogP contribution in [0.25, 0.3) is 0 Å². The predicted molar refractivity (Wildman–Crippen MR) is 70.8 cm³/mol. The van der Waals surface area contributed by atoms with Crippen molar-refractivity contribution in [1.29, 1.82) is 0 Å². The molecule has 18 heavy (non-hydrogen) atoms. The van der Waals surface area contributed by atoms with Crippen LogP contribution in [0.4, 0.5) is 0 Å². The van der Waals surface area contributed by atoms with Crippen LogP contribution in [-0.2, 0) is 14.8 Å². The fraction of sp³-hybridized carbons (Fsp3) is 0.500. The highest BCUT2D eigenvalue weighted by Crippen LogP contribution is 2.30. The monoisotopic (exact) mass is 331 g/mol. The summed E-state index contributed by atoms with van der Waals surface area (Å²) in [4.78, 5) is 0.346. The minimum atomic E-state index is -3.39. The van der Waals surface area contributed by atoms with Gasteiger partial charge in [-0.25, -0.2) is 8.42 Å². The summed E-state index contributed by atoms with van der Waals surface area (Å²) < 4.78 is 33.0. The fourth-order valence-electron chi connectivity index (χ4n) is 2.55. The number of fused-ring (bicyclic) bond motifs is 2. The zero-order valence-corrected chi connectivity index (χ0v) is 12.2. The van der Waals surface area contributed by atoms with Crippen LogP contribution in [0.15, 0.2) is 33.6 Å². The third-order valence-electron chi connectivity index (χ3n) is 3.44. The number of sulfonamides is 1. The summed E-state index contributed by atoms with van der Waals surface area (Å²) in [6, 6.07) is 6.85. The maximum Gasteiger partial charge on any atom is 0.243 e. The van der Waals surface area contributed by atoms with Gasteiger partial charge in [-0.1, -0.05) is 22.0 Å². The van der Waals surface area contributed by atoms with E-state index in [0.29, 0.717) is 18.0 Å². The number of hydrogen-bond acceptors (Lipinski definition) is 3. The van der Waals surface area contributed by atoms with Crippen molar-refractivity contribution in [3.63, 3.8) is 0 Å². The fourth-order valence-corrected chi connectivity index (χ4v) is 4.65. The van der Waals surface area contributed by atoms with E-state index >= 15 is 0 Å². The molecule has 98 valence electrons. The first-order valence-electron chi connectivity index (χ1n) is 5.97. The minimum Gasteiger partial charge on any atom is -0.372 e. The highest BCUT2D eigenvalue weighted by Gasteiger charge is 2.39. The molecular weight excluding hydrogens is 318 g/mol. The normalized spacial score (nSPS) is 28.5. The van der Waals surface area contributed by atoms with Crippen LogP contribution in [0, 0.1) is 0 Å². The molecule has 2 saturated heterocycles. The van der Waals surface area contributed by atoms with E-state index in [0.717, 1.165) is 17.3 Å². The van der Waals surface area contributed by atoms with Crippen molar-refractivity contribution >= 4 is 26.0 Å². The molecule has 2 aliphatic heterocycles. The van der Waals surface area contributed by atoms with Gasteiger partial charge in [-0.15, -0.1) is 0 Å². The SMILES string of the molecule is O=S(=O)(c1cccc(Br)c1)N1CC2CCC(C1)O2. The topological polar surface area (TPSA) is 46.6 Å². The lowest BCUT2D eigenvalue weighted by Crippen LogP contribution is -2.45. The van der Waals surface area contributed by atoms with Crippen molar-refractivity contribution in [2.24, 2.45) is 0 Å². The van der Waals surface area contributed by atoms with Crippen LogP contribution in [0.5, 0.6) is 0 Å². The summed E-state index contributed by atoms with van der Waals surface area (Å²) in [5.74, 6) is 0. The largest absolute Gasteiger partial charge is 0.372 e. The van der Waals surface area contributed by atoms with Crippen molar-refractivity contribution in [2.45, 2.75) is 29.9 Å². The molecular formula is C12H14BrNO3S. The average molecular weight is 332 g/mol. The van der Waals surface area contributed by atoms with Crippen LogP contribution in [-0.4, -0.2) is 38.0 Å². The van der Waals surface area contributed by atoms with Crippen LogP contribution in [0.2, 0.25) is 0 Å². The molecule has 0 amide bonds. The number of ether oxygens (including phenoxy) is 1. The molecule has 0 N–H and O–H groups in total. The lowest BCUT2D eigenvalue weighted by atomic mass is 10.2. The van der Waals surface area contributed by atoms with E-state index in [1.807, 2.05) is 6.07 Å². The zero-order valence-electron chi connectivity index (χ0n) is 9.75.